The summed E-state index contributed by atoms with van der Waals surface area (Å²) in [7, 11) is 1.65. The van der Waals surface area contributed by atoms with Crippen LogP contribution in [0, 0.1) is 5.82 Å². The van der Waals surface area contributed by atoms with Crippen LogP contribution in [-0.2, 0) is 4.74 Å². The van der Waals surface area contributed by atoms with Crippen LogP contribution < -0.4 is 0 Å². The molecule has 1 aliphatic heterocycles. The van der Waals surface area contributed by atoms with E-state index in [1.54, 1.807) is 18.1 Å². The molecular formula is C14H15BrFNO2. The Balaban J connectivity index is 2.09. The van der Waals surface area contributed by atoms with Gasteiger partial charge in [-0.15, -0.1) is 0 Å². The molecule has 3 nitrogen and oxygen atoms in total. The molecule has 19 heavy (non-hydrogen) atoms. The van der Waals surface area contributed by atoms with Gasteiger partial charge in [0.1, 0.15) is 5.82 Å². The Morgan fingerprint density at radius 3 is 2.89 bits per heavy atom. The van der Waals surface area contributed by atoms with E-state index in [0.29, 0.717) is 24.2 Å². The number of amides is 1. The average molecular weight is 328 g/mol. The van der Waals surface area contributed by atoms with E-state index in [1.807, 2.05) is 6.08 Å². The molecule has 0 N–H and O–H groups in total. The van der Waals surface area contributed by atoms with Gasteiger partial charge in [0.15, 0.2) is 0 Å². The number of carbonyl (C=O) groups is 1. The van der Waals surface area contributed by atoms with Gasteiger partial charge in [0.2, 0.25) is 0 Å². The highest BCUT2D eigenvalue weighted by atomic mass is 79.9. The Morgan fingerprint density at radius 1 is 1.53 bits per heavy atom. The molecule has 2 rings (SSSR count). The molecule has 0 aliphatic carbocycles. The van der Waals surface area contributed by atoms with Crippen molar-refractivity contribution in [3.63, 3.8) is 0 Å². The van der Waals surface area contributed by atoms with Crippen LogP contribution in [0.3, 0.4) is 0 Å². The van der Waals surface area contributed by atoms with E-state index in [9.17, 15) is 9.18 Å². The lowest BCUT2D eigenvalue weighted by molar-refractivity contribution is 0.0760. The molecule has 0 unspecified atom stereocenters. The van der Waals surface area contributed by atoms with E-state index in [1.165, 1.54) is 17.7 Å². The third kappa shape index (κ3) is 3.42. The summed E-state index contributed by atoms with van der Waals surface area (Å²) < 4.78 is 19.4. The number of hydrogen-bond acceptors (Lipinski definition) is 2. The SMILES string of the molecule is COCC1=CCN(C(=O)c2ccc(Br)cc2F)CC1. The highest BCUT2D eigenvalue weighted by Crippen LogP contribution is 2.19. The van der Waals surface area contributed by atoms with Crippen LogP contribution in [0.25, 0.3) is 0 Å². The van der Waals surface area contributed by atoms with Gasteiger partial charge in [-0.3, -0.25) is 4.79 Å². The Hall–Kier alpha value is -1.20. The molecule has 102 valence electrons. The highest BCUT2D eigenvalue weighted by molar-refractivity contribution is 9.10. The molecule has 0 bridgehead atoms. The monoisotopic (exact) mass is 327 g/mol. The van der Waals surface area contributed by atoms with Gasteiger partial charge >= 0.3 is 0 Å². The number of rotatable bonds is 3. The first kappa shape index (κ1) is 14.2. The second kappa shape index (κ2) is 6.30. The molecule has 0 radical (unpaired) electrons. The van der Waals surface area contributed by atoms with Crippen molar-refractivity contribution in [2.75, 3.05) is 26.8 Å². The molecule has 1 aromatic carbocycles. The minimum absolute atomic E-state index is 0.117. The maximum atomic E-state index is 13.7. The molecule has 5 heteroatoms. The van der Waals surface area contributed by atoms with Crippen LogP contribution in [0.2, 0.25) is 0 Å². The van der Waals surface area contributed by atoms with Gasteiger partial charge in [0.05, 0.1) is 12.2 Å². The summed E-state index contributed by atoms with van der Waals surface area (Å²) in [4.78, 5) is 13.9. The fourth-order valence-corrected chi connectivity index (χ4v) is 2.38. The third-order valence-electron chi connectivity index (χ3n) is 3.08. The molecule has 1 heterocycles. The van der Waals surface area contributed by atoms with Crippen LogP contribution in [0.1, 0.15) is 16.8 Å². The van der Waals surface area contributed by atoms with Crippen LogP contribution in [0.4, 0.5) is 4.39 Å². The molecule has 1 aliphatic rings. The van der Waals surface area contributed by atoms with Crippen molar-refractivity contribution in [2.45, 2.75) is 6.42 Å². The van der Waals surface area contributed by atoms with Crippen molar-refractivity contribution in [3.8, 4) is 0 Å². The maximum Gasteiger partial charge on any atom is 0.257 e. The van der Waals surface area contributed by atoms with Gasteiger partial charge in [-0.05, 0) is 30.2 Å². The average Bonchev–Trinajstić information content (AvgIpc) is 2.39. The minimum atomic E-state index is -0.494. The van der Waals surface area contributed by atoms with E-state index < -0.39 is 5.82 Å². The quantitative estimate of drug-likeness (QED) is 0.799. The maximum absolute atomic E-state index is 13.7. The fourth-order valence-electron chi connectivity index (χ4n) is 2.05. The first-order valence-corrected chi connectivity index (χ1v) is 6.82. The van der Waals surface area contributed by atoms with E-state index in [4.69, 9.17) is 4.74 Å². The molecule has 0 aromatic heterocycles. The summed E-state index contributed by atoms with van der Waals surface area (Å²) in [5, 5.41) is 0. The number of halogens is 2. The second-order valence-electron chi connectivity index (χ2n) is 4.42. The molecule has 0 saturated heterocycles. The number of methoxy groups -OCH3 is 1. The highest BCUT2D eigenvalue weighted by Gasteiger charge is 2.21. The Bertz CT molecular complexity index is 516. The summed E-state index contributed by atoms with van der Waals surface area (Å²) in [6, 6.07) is 4.49. The Kier molecular flexibility index (Phi) is 4.71. The number of hydrogen-bond donors (Lipinski definition) is 0. The first-order valence-electron chi connectivity index (χ1n) is 6.03. The summed E-state index contributed by atoms with van der Waals surface area (Å²) in [6.45, 7) is 1.70. The molecule has 0 saturated carbocycles. The molecule has 0 spiro atoms. The van der Waals surface area contributed by atoms with Gasteiger partial charge < -0.3 is 9.64 Å². The molecule has 0 atom stereocenters. The number of ether oxygens (including phenoxy) is 1. The summed E-state index contributed by atoms with van der Waals surface area (Å²) in [5.74, 6) is -0.760. The molecule has 1 aromatic rings. The van der Waals surface area contributed by atoms with E-state index in [0.717, 1.165) is 6.42 Å². The van der Waals surface area contributed by atoms with E-state index in [2.05, 4.69) is 15.9 Å². The summed E-state index contributed by atoms with van der Waals surface area (Å²) in [5.41, 5.74) is 1.30. The predicted octanol–water partition coefficient (Wildman–Crippen LogP) is 3.01. The smallest absolute Gasteiger partial charge is 0.257 e. The molecular weight excluding hydrogens is 313 g/mol. The predicted molar refractivity (Wildman–Crippen MR) is 74.6 cm³/mol. The topological polar surface area (TPSA) is 29.5 Å². The zero-order chi connectivity index (χ0) is 13.8. The minimum Gasteiger partial charge on any atom is -0.380 e. The van der Waals surface area contributed by atoms with Gasteiger partial charge in [-0.25, -0.2) is 4.39 Å². The van der Waals surface area contributed by atoms with Gasteiger partial charge in [0.25, 0.3) is 5.91 Å². The lowest BCUT2D eigenvalue weighted by atomic mass is 10.1. The Labute approximate surface area is 120 Å². The van der Waals surface area contributed by atoms with Crippen molar-refractivity contribution in [3.05, 3.63) is 45.7 Å². The van der Waals surface area contributed by atoms with Crippen molar-refractivity contribution in [1.82, 2.24) is 4.90 Å². The number of carbonyl (C=O) groups excluding carboxylic acids is 1. The van der Waals surface area contributed by atoms with Crippen LogP contribution in [0.5, 0.6) is 0 Å². The Morgan fingerprint density at radius 2 is 2.32 bits per heavy atom. The summed E-state index contributed by atoms with van der Waals surface area (Å²) >= 11 is 3.18. The fraction of sp³-hybridized carbons (Fsp3) is 0.357. The number of benzene rings is 1. The van der Waals surface area contributed by atoms with Crippen LogP contribution in [0.15, 0.2) is 34.3 Å². The van der Waals surface area contributed by atoms with Crippen LogP contribution >= 0.6 is 15.9 Å². The van der Waals surface area contributed by atoms with Crippen molar-refractivity contribution >= 4 is 21.8 Å². The second-order valence-corrected chi connectivity index (χ2v) is 5.34. The van der Waals surface area contributed by atoms with Gasteiger partial charge in [0, 0.05) is 24.7 Å². The first-order chi connectivity index (χ1) is 9.11. The van der Waals surface area contributed by atoms with E-state index >= 15 is 0 Å². The standard InChI is InChI=1S/C14H15BrFNO2/c1-19-9-10-4-6-17(7-5-10)14(18)12-3-2-11(15)8-13(12)16/h2-4,8H,5-7,9H2,1H3. The zero-order valence-electron chi connectivity index (χ0n) is 10.7. The van der Waals surface area contributed by atoms with Crippen molar-refractivity contribution < 1.29 is 13.9 Å². The normalized spacial score (nSPS) is 15.3. The van der Waals surface area contributed by atoms with Gasteiger partial charge in [-0.1, -0.05) is 22.0 Å². The molecule has 1 amide bonds. The van der Waals surface area contributed by atoms with Crippen molar-refractivity contribution in [2.24, 2.45) is 0 Å². The van der Waals surface area contributed by atoms with Gasteiger partial charge in [-0.2, -0.15) is 0 Å². The lowest BCUT2D eigenvalue weighted by Crippen LogP contribution is -2.35. The van der Waals surface area contributed by atoms with Crippen LogP contribution in [-0.4, -0.2) is 37.6 Å². The molecule has 0 fully saturated rings. The number of nitrogens with zero attached hydrogens (tertiary/aromatic N) is 1. The lowest BCUT2D eigenvalue weighted by Gasteiger charge is -2.26. The largest absolute Gasteiger partial charge is 0.380 e. The zero-order valence-corrected chi connectivity index (χ0v) is 12.2. The summed E-state index contributed by atoms with van der Waals surface area (Å²) in [6.07, 6.45) is 2.75. The third-order valence-corrected chi connectivity index (χ3v) is 3.57. The van der Waals surface area contributed by atoms with Crippen molar-refractivity contribution in [1.29, 1.82) is 0 Å². The van der Waals surface area contributed by atoms with E-state index in [-0.39, 0.29) is 11.5 Å².